The number of rotatable bonds is 4. The number of aromatic nitrogens is 2. The minimum Gasteiger partial charge on any atom is -0.381 e. The van der Waals surface area contributed by atoms with E-state index in [1.165, 1.54) is 6.33 Å². The topological polar surface area (TPSA) is 56.3 Å². The summed E-state index contributed by atoms with van der Waals surface area (Å²) in [5.74, 6) is 1.20. The van der Waals surface area contributed by atoms with Crippen molar-refractivity contribution in [2.24, 2.45) is 5.92 Å². The second-order valence-corrected chi connectivity index (χ2v) is 3.69. The maximum absolute atomic E-state index is 5.34. The van der Waals surface area contributed by atoms with E-state index in [-0.39, 0.29) is 0 Å². The molecule has 0 aliphatic carbocycles. The largest absolute Gasteiger partial charge is 0.381 e. The molecule has 0 spiro atoms. The molecular weight excluding hydrogens is 194 g/mol. The molecule has 5 heteroatoms. The molecule has 2 rings (SSSR count). The molecule has 1 aromatic heterocycles. The van der Waals surface area contributed by atoms with Crippen molar-refractivity contribution in [3.8, 4) is 0 Å². The second kappa shape index (κ2) is 5.04. The molecule has 5 nitrogen and oxygen atoms in total. The van der Waals surface area contributed by atoms with Gasteiger partial charge in [0.2, 0.25) is 0 Å². The van der Waals surface area contributed by atoms with Gasteiger partial charge in [-0.2, -0.15) is 0 Å². The molecule has 2 heterocycles. The number of nitrogens with zero attached hydrogens (tertiary/aromatic N) is 2. The summed E-state index contributed by atoms with van der Waals surface area (Å²) < 4.78 is 5.25. The summed E-state index contributed by atoms with van der Waals surface area (Å²) in [4.78, 5) is 13.4. The molecule has 15 heavy (non-hydrogen) atoms. The maximum Gasteiger partial charge on any atom is 0.153 e. The zero-order chi connectivity index (χ0) is 10.5. The fraction of sp³-hybridized carbons (Fsp3) is 0.600. The summed E-state index contributed by atoms with van der Waals surface area (Å²) in [6.07, 6.45) is 2.59. The molecule has 1 aliphatic heterocycles. The second-order valence-electron chi connectivity index (χ2n) is 3.69. The van der Waals surface area contributed by atoms with Gasteiger partial charge in [0.05, 0.1) is 13.2 Å². The molecule has 0 radical (unpaired) electrons. The highest BCUT2D eigenvalue weighted by molar-refractivity contribution is 5.31. The summed E-state index contributed by atoms with van der Waals surface area (Å²) in [7, 11) is 0. The lowest BCUT2D eigenvalue weighted by Crippen LogP contribution is -2.13. The molecule has 0 saturated carbocycles. The number of hydrogen-bond donors (Lipinski definition) is 1. The van der Waals surface area contributed by atoms with Gasteiger partial charge in [0, 0.05) is 24.3 Å². The van der Waals surface area contributed by atoms with Gasteiger partial charge in [-0.15, -0.1) is 0 Å². The highest BCUT2D eigenvalue weighted by Crippen LogP contribution is 2.12. The maximum atomic E-state index is 5.34. The third-order valence-corrected chi connectivity index (χ3v) is 2.32. The smallest absolute Gasteiger partial charge is 0.153 e. The first-order valence-electron chi connectivity index (χ1n) is 5.09. The molecule has 1 fully saturated rings. The minimum absolute atomic E-state index is 0.500. The summed E-state index contributed by atoms with van der Waals surface area (Å²) in [6, 6.07) is 1.84. The molecule has 82 valence electrons. The van der Waals surface area contributed by atoms with Gasteiger partial charge in [-0.1, -0.05) is 0 Å². The summed E-state index contributed by atoms with van der Waals surface area (Å²) >= 11 is 0. The molecule has 1 unspecified atom stereocenters. The van der Waals surface area contributed by atoms with E-state index in [1.54, 1.807) is 0 Å². The standard InChI is InChI=1S/C10H15N3O2/c1-8-4-10(12-7-11-8)13-15-6-9-2-3-14-5-9/h4,7,9H,2-3,5-6H2,1H3,(H,11,12,13). The zero-order valence-electron chi connectivity index (χ0n) is 8.77. The van der Waals surface area contributed by atoms with Crippen LogP contribution in [0.15, 0.2) is 12.4 Å². The van der Waals surface area contributed by atoms with Gasteiger partial charge in [0.15, 0.2) is 5.82 Å². The van der Waals surface area contributed by atoms with Crippen LogP contribution in [0.25, 0.3) is 0 Å². The minimum atomic E-state index is 0.500. The van der Waals surface area contributed by atoms with Crippen molar-refractivity contribution in [2.45, 2.75) is 13.3 Å². The SMILES string of the molecule is Cc1cc(NOCC2CCOC2)ncn1. The Morgan fingerprint density at radius 2 is 2.53 bits per heavy atom. The molecular formula is C10H15N3O2. The number of aryl methyl sites for hydroxylation is 1. The predicted molar refractivity (Wildman–Crippen MR) is 55.3 cm³/mol. The van der Waals surface area contributed by atoms with E-state index in [0.717, 1.165) is 25.3 Å². The lowest BCUT2D eigenvalue weighted by atomic mass is 10.1. The molecule has 1 saturated heterocycles. The summed E-state index contributed by atoms with van der Waals surface area (Å²) in [6.45, 7) is 4.21. The Morgan fingerprint density at radius 3 is 3.27 bits per heavy atom. The first-order valence-corrected chi connectivity index (χ1v) is 5.09. The van der Waals surface area contributed by atoms with Crippen LogP contribution < -0.4 is 5.48 Å². The lowest BCUT2D eigenvalue weighted by Gasteiger charge is -2.09. The summed E-state index contributed by atoms with van der Waals surface area (Å²) in [5.41, 5.74) is 3.72. The van der Waals surface area contributed by atoms with Crippen LogP contribution in [-0.2, 0) is 9.57 Å². The average Bonchev–Trinajstić information content (AvgIpc) is 2.71. The van der Waals surface area contributed by atoms with Crippen molar-refractivity contribution in [1.82, 2.24) is 9.97 Å². The Labute approximate surface area is 88.8 Å². The lowest BCUT2D eigenvalue weighted by molar-refractivity contribution is 0.126. The van der Waals surface area contributed by atoms with Gasteiger partial charge in [0.1, 0.15) is 6.33 Å². The highest BCUT2D eigenvalue weighted by Gasteiger charge is 2.15. The van der Waals surface area contributed by atoms with E-state index in [9.17, 15) is 0 Å². The Bertz CT molecular complexity index is 313. The third-order valence-electron chi connectivity index (χ3n) is 2.32. The van der Waals surface area contributed by atoms with Gasteiger partial charge in [-0.05, 0) is 13.3 Å². The Morgan fingerprint density at radius 1 is 1.60 bits per heavy atom. The van der Waals surface area contributed by atoms with Gasteiger partial charge < -0.3 is 4.74 Å². The normalized spacial score (nSPS) is 20.5. The number of ether oxygens (including phenoxy) is 1. The van der Waals surface area contributed by atoms with Crippen molar-refractivity contribution in [2.75, 3.05) is 25.3 Å². The molecule has 0 amide bonds. The van der Waals surface area contributed by atoms with Gasteiger partial charge >= 0.3 is 0 Å². The van der Waals surface area contributed by atoms with E-state index >= 15 is 0 Å². The van der Waals surface area contributed by atoms with Crippen molar-refractivity contribution in [3.63, 3.8) is 0 Å². The molecule has 1 N–H and O–H groups in total. The van der Waals surface area contributed by atoms with Crippen LogP contribution >= 0.6 is 0 Å². The van der Waals surface area contributed by atoms with Gasteiger partial charge in [-0.3, -0.25) is 4.84 Å². The van der Waals surface area contributed by atoms with Crippen LogP contribution in [-0.4, -0.2) is 29.8 Å². The van der Waals surface area contributed by atoms with E-state index in [2.05, 4.69) is 15.4 Å². The third kappa shape index (κ3) is 3.14. The fourth-order valence-electron chi connectivity index (χ4n) is 1.46. The van der Waals surface area contributed by atoms with Crippen LogP contribution in [0.1, 0.15) is 12.1 Å². The van der Waals surface area contributed by atoms with E-state index in [1.807, 2.05) is 13.0 Å². The molecule has 1 aliphatic rings. The van der Waals surface area contributed by atoms with E-state index in [4.69, 9.17) is 9.57 Å². The zero-order valence-corrected chi connectivity index (χ0v) is 8.77. The number of nitrogens with one attached hydrogen (secondary N) is 1. The fourth-order valence-corrected chi connectivity index (χ4v) is 1.46. The van der Waals surface area contributed by atoms with Crippen molar-refractivity contribution in [1.29, 1.82) is 0 Å². The molecule has 1 aromatic rings. The van der Waals surface area contributed by atoms with E-state index in [0.29, 0.717) is 18.3 Å². The van der Waals surface area contributed by atoms with E-state index < -0.39 is 0 Å². The first kappa shape index (κ1) is 10.3. The number of anilines is 1. The predicted octanol–water partition coefficient (Wildman–Crippen LogP) is 1.17. The Hall–Kier alpha value is -1.20. The molecule has 0 aromatic carbocycles. The van der Waals surface area contributed by atoms with Crippen LogP contribution in [0.3, 0.4) is 0 Å². The quantitative estimate of drug-likeness (QED) is 0.754. The van der Waals surface area contributed by atoms with Crippen LogP contribution in [0.5, 0.6) is 0 Å². The van der Waals surface area contributed by atoms with Gasteiger partial charge in [0.25, 0.3) is 0 Å². The van der Waals surface area contributed by atoms with Crippen molar-refractivity contribution >= 4 is 5.82 Å². The van der Waals surface area contributed by atoms with Crippen LogP contribution in [0, 0.1) is 12.8 Å². The highest BCUT2D eigenvalue weighted by atomic mass is 16.6. The van der Waals surface area contributed by atoms with Crippen LogP contribution in [0.4, 0.5) is 5.82 Å². The molecule has 1 atom stereocenters. The Kier molecular flexibility index (Phi) is 3.47. The molecule has 0 bridgehead atoms. The van der Waals surface area contributed by atoms with Gasteiger partial charge in [-0.25, -0.2) is 15.4 Å². The van der Waals surface area contributed by atoms with Crippen molar-refractivity contribution < 1.29 is 9.57 Å². The Balaban J connectivity index is 1.73. The summed E-state index contributed by atoms with van der Waals surface area (Å²) in [5, 5.41) is 0. The number of hydrogen-bond acceptors (Lipinski definition) is 5. The van der Waals surface area contributed by atoms with Crippen molar-refractivity contribution in [3.05, 3.63) is 18.1 Å². The van der Waals surface area contributed by atoms with Crippen LogP contribution in [0.2, 0.25) is 0 Å². The monoisotopic (exact) mass is 209 g/mol. The first-order chi connectivity index (χ1) is 7.34. The average molecular weight is 209 g/mol.